The number of dihydropyridines is 1. The van der Waals surface area contributed by atoms with Gasteiger partial charge < -0.3 is 0 Å². The Morgan fingerprint density at radius 3 is 2.78 bits per heavy atom. The fourth-order valence-electron chi connectivity index (χ4n) is 1.27. The number of aliphatic carboxylic acids is 1. The Morgan fingerprint density at radius 2 is 2.28 bits per heavy atom. The zero-order valence-corrected chi connectivity index (χ0v) is 11.4. The van der Waals surface area contributed by atoms with Crippen LogP contribution < -0.4 is 5.32 Å². The molecule has 0 aromatic carbocycles. The summed E-state index contributed by atoms with van der Waals surface area (Å²) in [5.41, 5.74) is 1.19. The van der Waals surface area contributed by atoms with Gasteiger partial charge in [0.2, 0.25) is 0 Å². The maximum atomic E-state index is 10.8. The summed E-state index contributed by atoms with van der Waals surface area (Å²) in [7, 11) is 0. The predicted molar refractivity (Wildman–Crippen MR) is 67.3 cm³/mol. The summed E-state index contributed by atoms with van der Waals surface area (Å²) in [6.45, 7) is 1.37. The maximum absolute atomic E-state index is 10.8. The molecule has 4 N–H and O–H groups in total. The molecule has 0 bridgehead atoms. The van der Waals surface area contributed by atoms with E-state index in [9.17, 15) is 9.90 Å². The van der Waals surface area contributed by atoms with Gasteiger partial charge in [0.1, 0.15) is 0 Å². The van der Waals surface area contributed by atoms with E-state index < -0.39 is 5.97 Å². The van der Waals surface area contributed by atoms with Crippen LogP contribution in [0.25, 0.3) is 0 Å². The topological polar surface area (TPSA) is 102 Å². The number of aliphatic hydroxyl groups excluding tert-OH is 2. The SMILES string of the molecule is CC1=C(O)/C(=C\N=C(C[Se])C(=O)O)C(CO)=CN1. The molecule has 0 atom stereocenters. The molecule has 7 heteroatoms. The summed E-state index contributed by atoms with van der Waals surface area (Å²) in [4.78, 5) is 14.6. The predicted octanol–water partition coefficient (Wildman–Crippen LogP) is 0.252. The van der Waals surface area contributed by atoms with E-state index in [2.05, 4.69) is 26.3 Å². The Kier molecular flexibility index (Phi) is 5.15. The molecular formula is C11H13N2O4Se. The summed E-state index contributed by atoms with van der Waals surface area (Å²) < 4.78 is 0. The fraction of sp³-hybridized carbons (Fsp3) is 0.273. The molecule has 97 valence electrons. The number of nitrogens with one attached hydrogen (secondary N) is 1. The number of carbonyl (C=O) groups is 1. The van der Waals surface area contributed by atoms with Crippen molar-refractivity contribution in [1.29, 1.82) is 0 Å². The van der Waals surface area contributed by atoms with Gasteiger partial charge in [-0.1, -0.05) is 0 Å². The molecule has 1 heterocycles. The van der Waals surface area contributed by atoms with Gasteiger partial charge in [-0.2, -0.15) is 0 Å². The van der Waals surface area contributed by atoms with Gasteiger partial charge in [-0.25, -0.2) is 0 Å². The summed E-state index contributed by atoms with van der Waals surface area (Å²) in [5.74, 6) is -1.19. The summed E-state index contributed by atoms with van der Waals surface area (Å²) >= 11 is 2.57. The molecule has 0 aliphatic carbocycles. The Bertz CT molecular complexity index is 477. The molecule has 18 heavy (non-hydrogen) atoms. The third-order valence-electron chi connectivity index (χ3n) is 2.32. The van der Waals surface area contributed by atoms with E-state index in [1.165, 1.54) is 12.4 Å². The van der Waals surface area contributed by atoms with Gasteiger partial charge in [-0.05, 0) is 0 Å². The van der Waals surface area contributed by atoms with Crippen LogP contribution in [0.2, 0.25) is 5.32 Å². The van der Waals surface area contributed by atoms with Crippen LogP contribution >= 0.6 is 0 Å². The number of nitrogens with zero attached hydrogens (tertiary/aromatic N) is 1. The number of rotatable bonds is 4. The van der Waals surface area contributed by atoms with Gasteiger partial charge in [0.05, 0.1) is 0 Å². The second kappa shape index (κ2) is 6.39. The first-order chi connectivity index (χ1) is 8.51. The summed E-state index contributed by atoms with van der Waals surface area (Å²) in [5, 5.41) is 30.7. The number of allylic oxidation sites excluding steroid dienone is 2. The number of hydrogen-bond donors (Lipinski definition) is 4. The van der Waals surface area contributed by atoms with E-state index in [0.29, 0.717) is 16.8 Å². The van der Waals surface area contributed by atoms with Crippen molar-refractivity contribution in [1.82, 2.24) is 5.32 Å². The third-order valence-corrected chi connectivity index (χ3v) is 2.90. The molecule has 0 fully saturated rings. The summed E-state index contributed by atoms with van der Waals surface area (Å²) in [6, 6.07) is 0. The Labute approximate surface area is 112 Å². The van der Waals surface area contributed by atoms with Crippen molar-refractivity contribution in [2.45, 2.75) is 12.2 Å². The number of hydrogen-bond acceptors (Lipinski definition) is 5. The van der Waals surface area contributed by atoms with Crippen LogP contribution in [0.3, 0.4) is 0 Å². The zero-order chi connectivity index (χ0) is 13.7. The average molecular weight is 316 g/mol. The standard InChI is InChI=1S/C11H13N2O4Se/c1-6-10(15)8(7(4-14)2-12-6)3-13-9(5-18)11(16)17/h2-3,12,14-15H,4-5H2,1H3,(H,16,17)/b8-3-,13-9?. The Hall–Kier alpha value is -1.56. The van der Waals surface area contributed by atoms with Crippen LogP contribution in [0.5, 0.6) is 0 Å². The number of aliphatic imine (C=N–C) groups is 1. The molecule has 0 spiro atoms. The van der Waals surface area contributed by atoms with Crippen LogP contribution in [0.4, 0.5) is 0 Å². The van der Waals surface area contributed by atoms with E-state index in [4.69, 9.17) is 10.2 Å². The molecule has 6 nitrogen and oxygen atoms in total. The molecular weight excluding hydrogens is 303 g/mol. The Morgan fingerprint density at radius 1 is 1.61 bits per heavy atom. The quantitative estimate of drug-likeness (QED) is 0.440. The van der Waals surface area contributed by atoms with E-state index in [1.807, 2.05) is 0 Å². The van der Waals surface area contributed by atoms with Crippen molar-refractivity contribution in [3.63, 3.8) is 0 Å². The molecule has 1 aliphatic rings. The van der Waals surface area contributed by atoms with Crippen LogP contribution in [0, 0.1) is 0 Å². The van der Waals surface area contributed by atoms with Crippen molar-refractivity contribution in [2.75, 3.05) is 6.61 Å². The van der Waals surface area contributed by atoms with E-state index in [1.54, 1.807) is 6.92 Å². The second-order valence-corrected chi connectivity index (χ2v) is 4.12. The monoisotopic (exact) mass is 317 g/mol. The van der Waals surface area contributed by atoms with Gasteiger partial charge in [0, 0.05) is 0 Å². The first-order valence-electron chi connectivity index (χ1n) is 5.06. The number of aliphatic hydroxyl groups is 2. The van der Waals surface area contributed by atoms with Gasteiger partial charge in [0.25, 0.3) is 0 Å². The molecule has 1 rings (SSSR count). The van der Waals surface area contributed by atoms with Crippen LogP contribution in [0.15, 0.2) is 40.0 Å². The fourth-order valence-corrected chi connectivity index (χ4v) is 1.68. The van der Waals surface area contributed by atoms with Crippen LogP contribution in [0.1, 0.15) is 6.92 Å². The minimum absolute atomic E-state index is 0.0601. The molecule has 0 unspecified atom stereocenters. The van der Waals surface area contributed by atoms with Crippen molar-refractivity contribution >= 4 is 27.7 Å². The first-order valence-corrected chi connectivity index (χ1v) is 6.27. The van der Waals surface area contributed by atoms with Crippen molar-refractivity contribution in [3.05, 3.63) is 35.0 Å². The van der Waals surface area contributed by atoms with Crippen LogP contribution in [-0.4, -0.2) is 49.6 Å². The van der Waals surface area contributed by atoms with E-state index >= 15 is 0 Å². The molecule has 0 saturated heterocycles. The van der Waals surface area contributed by atoms with Crippen LogP contribution in [-0.2, 0) is 4.79 Å². The molecule has 0 saturated carbocycles. The van der Waals surface area contributed by atoms with Crippen molar-refractivity contribution in [3.8, 4) is 0 Å². The average Bonchev–Trinajstić information content (AvgIpc) is 2.34. The van der Waals surface area contributed by atoms with Gasteiger partial charge in [0.15, 0.2) is 0 Å². The molecule has 0 aromatic heterocycles. The molecule has 0 aromatic rings. The van der Waals surface area contributed by atoms with Crippen molar-refractivity contribution in [2.24, 2.45) is 4.99 Å². The normalized spacial score (nSPS) is 18.7. The van der Waals surface area contributed by atoms with E-state index in [0.717, 1.165) is 0 Å². The minimum atomic E-state index is -1.13. The van der Waals surface area contributed by atoms with E-state index in [-0.39, 0.29) is 23.4 Å². The van der Waals surface area contributed by atoms with Crippen molar-refractivity contribution < 1.29 is 20.1 Å². The van der Waals surface area contributed by atoms with Gasteiger partial charge >= 0.3 is 112 Å². The summed E-state index contributed by atoms with van der Waals surface area (Å²) in [6.07, 6.45) is 2.78. The molecule has 1 aliphatic heterocycles. The molecule has 0 amide bonds. The number of carboxylic acids is 1. The number of carboxylic acid groups (broad SMARTS) is 1. The van der Waals surface area contributed by atoms with Gasteiger partial charge in [-0.15, -0.1) is 0 Å². The third kappa shape index (κ3) is 3.22. The molecule has 1 radical (unpaired) electrons. The Balaban J connectivity index is 3.14. The zero-order valence-electron chi connectivity index (χ0n) is 9.67. The first kappa shape index (κ1) is 14.5. The second-order valence-electron chi connectivity index (χ2n) is 3.51. The van der Waals surface area contributed by atoms with Gasteiger partial charge in [-0.3, -0.25) is 0 Å².